The first kappa shape index (κ1) is 12.0. The molecule has 1 saturated heterocycles. The molecule has 0 spiro atoms. The molecular weight excluding hydrogens is 236 g/mol. The number of rotatable bonds is 2. The van der Waals surface area contributed by atoms with Crippen LogP contribution >= 0.6 is 12.6 Å². The Kier molecular flexibility index (Phi) is 3.38. The molecule has 1 fully saturated rings. The van der Waals surface area contributed by atoms with Gasteiger partial charge in [-0.1, -0.05) is 0 Å². The van der Waals surface area contributed by atoms with E-state index in [0.717, 1.165) is 5.69 Å². The zero-order valence-corrected chi connectivity index (χ0v) is 10.4. The number of hydrogen-bond acceptors (Lipinski definition) is 3. The van der Waals surface area contributed by atoms with Crippen molar-refractivity contribution in [2.24, 2.45) is 0 Å². The average Bonchev–Trinajstić information content (AvgIpc) is 2.68. The van der Waals surface area contributed by atoms with Crippen molar-refractivity contribution in [3.05, 3.63) is 29.8 Å². The molecule has 1 aliphatic rings. The van der Waals surface area contributed by atoms with Crippen LogP contribution in [0.1, 0.15) is 16.8 Å². The lowest BCUT2D eigenvalue weighted by molar-refractivity contribution is -0.117. The highest BCUT2D eigenvalue weighted by Crippen LogP contribution is 2.24. The normalized spacial score (nSPS) is 19.5. The van der Waals surface area contributed by atoms with Crippen LogP contribution in [0.4, 0.5) is 5.69 Å². The van der Waals surface area contributed by atoms with Gasteiger partial charge in [0.2, 0.25) is 5.91 Å². The predicted octanol–water partition coefficient (Wildman–Crippen LogP) is 1.08. The molecule has 0 radical (unpaired) electrons. The number of benzene rings is 1. The second-order valence-corrected chi connectivity index (χ2v) is 4.72. The third kappa shape index (κ3) is 2.44. The summed E-state index contributed by atoms with van der Waals surface area (Å²) in [5.41, 5.74) is 1.41. The Hall–Kier alpha value is -1.49. The second-order valence-electron chi connectivity index (χ2n) is 3.99. The summed E-state index contributed by atoms with van der Waals surface area (Å²) >= 11 is 4.30. The monoisotopic (exact) mass is 250 g/mol. The molecule has 4 nitrogen and oxygen atoms in total. The van der Waals surface area contributed by atoms with Crippen molar-refractivity contribution in [2.75, 3.05) is 18.5 Å². The summed E-state index contributed by atoms with van der Waals surface area (Å²) in [4.78, 5) is 24.7. The van der Waals surface area contributed by atoms with Crippen LogP contribution in [-0.4, -0.2) is 30.7 Å². The molecule has 1 atom stereocenters. The first-order valence-corrected chi connectivity index (χ1v) is 5.94. The molecule has 17 heavy (non-hydrogen) atoms. The number of carbonyl (C=O) groups excluding carboxylic acids is 2. The number of hydrogen-bond donors (Lipinski definition) is 2. The SMILES string of the molecule is CNC(=O)c1ccc(N2CC(S)CC2=O)cc1. The van der Waals surface area contributed by atoms with E-state index in [0.29, 0.717) is 18.5 Å². The molecule has 1 aromatic rings. The van der Waals surface area contributed by atoms with Crippen molar-refractivity contribution in [3.8, 4) is 0 Å². The van der Waals surface area contributed by atoms with E-state index in [4.69, 9.17) is 0 Å². The highest BCUT2D eigenvalue weighted by molar-refractivity contribution is 7.81. The quantitative estimate of drug-likeness (QED) is 0.772. The zero-order valence-electron chi connectivity index (χ0n) is 9.51. The first-order chi connectivity index (χ1) is 8.11. The maximum atomic E-state index is 11.7. The zero-order chi connectivity index (χ0) is 12.4. The molecule has 1 aliphatic heterocycles. The molecule has 1 aromatic carbocycles. The lowest BCUT2D eigenvalue weighted by Gasteiger charge is -2.16. The van der Waals surface area contributed by atoms with Gasteiger partial charge in [0.05, 0.1) is 0 Å². The minimum atomic E-state index is -0.128. The Morgan fingerprint density at radius 3 is 2.53 bits per heavy atom. The summed E-state index contributed by atoms with van der Waals surface area (Å²) in [7, 11) is 1.59. The maximum absolute atomic E-state index is 11.7. The maximum Gasteiger partial charge on any atom is 0.251 e. The van der Waals surface area contributed by atoms with Crippen molar-refractivity contribution < 1.29 is 9.59 Å². The standard InChI is InChI=1S/C12H14N2O2S/c1-13-12(16)8-2-4-9(5-3-8)14-7-10(17)6-11(14)15/h2-5,10,17H,6-7H2,1H3,(H,13,16). The van der Waals surface area contributed by atoms with Gasteiger partial charge in [-0.3, -0.25) is 9.59 Å². The number of amides is 2. The van der Waals surface area contributed by atoms with E-state index in [1.54, 1.807) is 36.2 Å². The molecule has 1 unspecified atom stereocenters. The van der Waals surface area contributed by atoms with Gasteiger partial charge < -0.3 is 10.2 Å². The van der Waals surface area contributed by atoms with Gasteiger partial charge in [-0.2, -0.15) is 12.6 Å². The Bertz CT molecular complexity index is 444. The number of nitrogens with one attached hydrogen (secondary N) is 1. The molecule has 1 heterocycles. The lowest BCUT2D eigenvalue weighted by atomic mass is 10.2. The fraction of sp³-hybridized carbons (Fsp3) is 0.333. The lowest BCUT2D eigenvalue weighted by Crippen LogP contribution is -2.24. The van der Waals surface area contributed by atoms with Gasteiger partial charge in [0.15, 0.2) is 0 Å². The van der Waals surface area contributed by atoms with E-state index >= 15 is 0 Å². The summed E-state index contributed by atoms with van der Waals surface area (Å²) in [6, 6.07) is 7.00. The van der Waals surface area contributed by atoms with E-state index in [2.05, 4.69) is 17.9 Å². The van der Waals surface area contributed by atoms with E-state index in [9.17, 15) is 9.59 Å². The van der Waals surface area contributed by atoms with Crippen LogP contribution in [0, 0.1) is 0 Å². The van der Waals surface area contributed by atoms with Gasteiger partial charge in [-0.25, -0.2) is 0 Å². The van der Waals surface area contributed by atoms with Gasteiger partial charge in [-0.15, -0.1) is 0 Å². The predicted molar refractivity (Wildman–Crippen MR) is 69.6 cm³/mol. The highest BCUT2D eigenvalue weighted by Gasteiger charge is 2.28. The molecule has 0 bridgehead atoms. The van der Waals surface area contributed by atoms with E-state index in [-0.39, 0.29) is 17.1 Å². The number of nitrogens with zero attached hydrogens (tertiary/aromatic N) is 1. The molecular formula is C12H14N2O2S. The van der Waals surface area contributed by atoms with Crippen molar-refractivity contribution in [2.45, 2.75) is 11.7 Å². The molecule has 0 aromatic heterocycles. The highest BCUT2D eigenvalue weighted by atomic mass is 32.1. The van der Waals surface area contributed by atoms with Gasteiger partial charge in [0.1, 0.15) is 0 Å². The Morgan fingerprint density at radius 1 is 1.41 bits per heavy atom. The van der Waals surface area contributed by atoms with E-state index < -0.39 is 0 Å². The minimum Gasteiger partial charge on any atom is -0.355 e. The van der Waals surface area contributed by atoms with Crippen LogP contribution in [0.15, 0.2) is 24.3 Å². The molecule has 0 aliphatic carbocycles. The van der Waals surface area contributed by atoms with Crippen molar-refractivity contribution in [1.82, 2.24) is 5.32 Å². The van der Waals surface area contributed by atoms with Crippen molar-refractivity contribution in [1.29, 1.82) is 0 Å². The van der Waals surface area contributed by atoms with Crippen LogP contribution in [-0.2, 0) is 4.79 Å². The third-order valence-corrected chi connectivity index (χ3v) is 3.12. The largest absolute Gasteiger partial charge is 0.355 e. The van der Waals surface area contributed by atoms with Gasteiger partial charge in [0.25, 0.3) is 5.91 Å². The molecule has 1 N–H and O–H groups in total. The van der Waals surface area contributed by atoms with Crippen LogP contribution in [0.5, 0.6) is 0 Å². The van der Waals surface area contributed by atoms with Crippen molar-refractivity contribution in [3.63, 3.8) is 0 Å². The second kappa shape index (κ2) is 4.79. The summed E-state index contributed by atoms with van der Waals surface area (Å²) in [6.45, 7) is 0.626. The van der Waals surface area contributed by atoms with Gasteiger partial charge >= 0.3 is 0 Å². The fourth-order valence-corrected chi connectivity index (χ4v) is 2.19. The topological polar surface area (TPSA) is 49.4 Å². The molecule has 5 heteroatoms. The Morgan fingerprint density at radius 2 is 2.06 bits per heavy atom. The molecule has 2 rings (SSSR count). The summed E-state index contributed by atoms with van der Waals surface area (Å²) in [5.74, 6) is -0.0472. The van der Waals surface area contributed by atoms with Crippen LogP contribution in [0.2, 0.25) is 0 Å². The molecule has 2 amide bonds. The summed E-state index contributed by atoms with van der Waals surface area (Å²) in [5, 5.41) is 2.65. The minimum absolute atomic E-state index is 0.0812. The van der Waals surface area contributed by atoms with Crippen LogP contribution in [0.3, 0.4) is 0 Å². The first-order valence-electron chi connectivity index (χ1n) is 5.42. The average molecular weight is 250 g/mol. The Labute approximate surface area is 105 Å². The molecule has 0 saturated carbocycles. The van der Waals surface area contributed by atoms with E-state index in [1.165, 1.54) is 0 Å². The summed E-state index contributed by atoms with van der Waals surface area (Å²) in [6.07, 6.45) is 0.473. The molecule has 90 valence electrons. The van der Waals surface area contributed by atoms with Gasteiger partial charge in [0, 0.05) is 36.5 Å². The van der Waals surface area contributed by atoms with Gasteiger partial charge in [-0.05, 0) is 24.3 Å². The fourth-order valence-electron chi connectivity index (χ4n) is 1.88. The number of carbonyl (C=O) groups is 2. The summed E-state index contributed by atoms with van der Waals surface area (Å²) < 4.78 is 0. The van der Waals surface area contributed by atoms with Crippen LogP contribution < -0.4 is 10.2 Å². The number of anilines is 1. The smallest absolute Gasteiger partial charge is 0.251 e. The van der Waals surface area contributed by atoms with Crippen LogP contribution in [0.25, 0.3) is 0 Å². The van der Waals surface area contributed by atoms with E-state index in [1.807, 2.05) is 0 Å². The third-order valence-electron chi connectivity index (χ3n) is 2.77. The van der Waals surface area contributed by atoms with Crippen molar-refractivity contribution >= 4 is 30.1 Å². The number of thiol groups is 1. The Balaban J connectivity index is 2.18.